The van der Waals surface area contributed by atoms with Crippen LogP contribution in [0.3, 0.4) is 0 Å². The molecule has 19 heavy (non-hydrogen) atoms. The van der Waals surface area contributed by atoms with Crippen molar-refractivity contribution >= 4 is 11.5 Å². The van der Waals surface area contributed by atoms with Gasteiger partial charge in [0, 0.05) is 23.9 Å². The molecule has 1 fully saturated rings. The summed E-state index contributed by atoms with van der Waals surface area (Å²) in [6, 6.07) is 2.04. The molecular formula is C14H19FN4. The first-order chi connectivity index (χ1) is 9.10. The molecule has 0 spiro atoms. The lowest BCUT2D eigenvalue weighted by atomic mass is 10.2. The van der Waals surface area contributed by atoms with Crippen LogP contribution in [0.4, 0.5) is 10.2 Å². The Balaban J connectivity index is 2.18. The van der Waals surface area contributed by atoms with Gasteiger partial charge in [0.1, 0.15) is 12.0 Å². The minimum atomic E-state index is -0.731. The molecule has 0 bridgehead atoms. The molecule has 0 saturated carbocycles. The quantitative estimate of drug-likeness (QED) is 0.833. The van der Waals surface area contributed by atoms with E-state index in [1.807, 2.05) is 24.4 Å². The molecule has 0 aliphatic carbocycles. The van der Waals surface area contributed by atoms with E-state index in [-0.39, 0.29) is 0 Å². The van der Waals surface area contributed by atoms with Gasteiger partial charge in [-0.05, 0) is 26.7 Å². The highest BCUT2D eigenvalue weighted by molar-refractivity contribution is 5.57. The lowest BCUT2D eigenvalue weighted by Crippen LogP contribution is -2.23. The zero-order chi connectivity index (χ0) is 13.6. The van der Waals surface area contributed by atoms with Gasteiger partial charge in [-0.2, -0.15) is 9.61 Å². The third-order valence-electron chi connectivity index (χ3n) is 3.91. The Labute approximate surface area is 112 Å². The summed E-state index contributed by atoms with van der Waals surface area (Å²) in [4.78, 5) is 6.72. The minimum Gasteiger partial charge on any atom is -0.353 e. The van der Waals surface area contributed by atoms with Gasteiger partial charge in [0.05, 0.1) is 12.2 Å². The van der Waals surface area contributed by atoms with Crippen LogP contribution in [-0.4, -0.2) is 33.9 Å². The number of anilines is 1. The molecule has 102 valence electrons. The van der Waals surface area contributed by atoms with Crippen LogP contribution in [0.5, 0.6) is 0 Å². The second kappa shape index (κ2) is 4.47. The van der Waals surface area contributed by atoms with Gasteiger partial charge < -0.3 is 4.90 Å². The van der Waals surface area contributed by atoms with E-state index in [1.165, 1.54) is 0 Å². The second-order valence-electron chi connectivity index (χ2n) is 5.24. The molecule has 1 saturated heterocycles. The fraction of sp³-hybridized carbons (Fsp3) is 0.571. The largest absolute Gasteiger partial charge is 0.353 e. The Morgan fingerprint density at radius 2 is 2.21 bits per heavy atom. The summed E-state index contributed by atoms with van der Waals surface area (Å²) in [5.41, 5.74) is 4.02. The fourth-order valence-electron chi connectivity index (χ4n) is 2.59. The fourth-order valence-corrected chi connectivity index (χ4v) is 2.59. The molecule has 3 heterocycles. The van der Waals surface area contributed by atoms with Crippen molar-refractivity contribution in [1.82, 2.24) is 14.6 Å². The first-order valence-corrected chi connectivity index (χ1v) is 6.85. The van der Waals surface area contributed by atoms with Crippen molar-refractivity contribution in [1.29, 1.82) is 0 Å². The van der Waals surface area contributed by atoms with Crippen molar-refractivity contribution in [3.05, 3.63) is 23.0 Å². The topological polar surface area (TPSA) is 33.4 Å². The molecule has 1 aliphatic rings. The van der Waals surface area contributed by atoms with E-state index in [2.05, 4.69) is 21.9 Å². The van der Waals surface area contributed by atoms with E-state index in [0.717, 1.165) is 41.4 Å². The van der Waals surface area contributed by atoms with Gasteiger partial charge in [-0.25, -0.2) is 9.37 Å². The van der Waals surface area contributed by atoms with Crippen molar-refractivity contribution in [2.75, 3.05) is 18.0 Å². The molecule has 4 nitrogen and oxygen atoms in total. The maximum absolute atomic E-state index is 13.4. The van der Waals surface area contributed by atoms with E-state index in [9.17, 15) is 4.39 Å². The first-order valence-electron chi connectivity index (χ1n) is 6.85. The molecule has 5 heteroatoms. The summed E-state index contributed by atoms with van der Waals surface area (Å²) in [6.45, 7) is 7.32. The number of hydrogen-bond donors (Lipinski definition) is 0. The maximum Gasteiger partial charge on any atom is 0.160 e. The molecule has 3 rings (SSSR count). The predicted molar refractivity (Wildman–Crippen MR) is 73.6 cm³/mol. The Morgan fingerprint density at radius 3 is 2.84 bits per heavy atom. The summed E-state index contributed by atoms with van der Waals surface area (Å²) < 4.78 is 15.3. The van der Waals surface area contributed by atoms with Crippen LogP contribution >= 0.6 is 0 Å². The number of rotatable bonds is 2. The zero-order valence-electron chi connectivity index (χ0n) is 11.6. The molecule has 2 aromatic heterocycles. The Hall–Kier alpha value is -1.65. The van der Waals surface area contributed by atoms with Crippen molar-refractivity contribution in [3.63, 3.8) is 0 Å². The molecule has 0 N–H and O–H groups in total. The van der Waals surface area contributed by atoms with Crippen LogP contribution in [0.1, 0.15) is 30.3 Å². The van der Waals surface area contributed by atoms with Gasteiger partial charge in [0.2, 0.25) is 0 Å². The number of halogens is 1. The monoisotopic (exact) mass is 262 g/mol. The summed E-state index contributed by atoms with van der Waals surface area (Å²) in [6.07, 6.45) is 0.746. The Kier molecular flexibility index (Phi) is 2.92. The standard InChI is InChI=1S/C14H19FN4/c1-4-12-7-13(18-6-5-11(15)8-18)19-14(16-12)9(2)10(3)17-19/h7,11H,4-6,8H2,1-3H3/t11-/m0/s1. The molecule has 1 atom stereocenters. The first kappa shape index (κ1) is 12.4. The third kappa shape index (κ3) is 1.97. The van der Waals surface area contributed by atoms with Crippen molar-refractivity contribution in [3.8, 4) is 0 Å². The highest BCUT2D eigenvalue weighted by Crippen LogP contribution is 2.25. The van der Waals surface area contributed by atoms with Gasteiger partial charge in [0.15, 0.2) is 5.65 Å². The summed E-state index contributed by atoms with van der Waals surface area (Å²) >= 11 is 0. The maximum atomic E-state index is 13.4. The average molecular weight is 262 g/mol. The van der Waals surface area contributed by atoms with Crippen LogP contribution in [0, 0.1) is 13.8 Å². The van der Waals surface area contributed by atoms with Crippen molar-refractivity contribution in [2.45, 2.75) is 39.8 Å². The van der Waals surface area contributed by atoms with Crippen molar-refractivity contribution in [2.24, 2.45) is 0 Å². The van der Waals surface area contributed by atoms with E-state index >= 15 is 0 Å². The van der Waals surface area contributed by atoms with E-state index in [1.54, 1.807) is 0 Å². The summed E-state index contributed by atoms with van der Waals surface area (Å²) in [5.74, 6) is 0.971. The van der Waals surface area contributed by atoms with E-state index in [0.29, 0.717) is 13.0 Å². The SMILES string of the molecule is CCc1cc(N2CC[C@H](F)C2)n2nc(C)c(C)c2n1. The lowest BCUT2D eigenvalue weighted by Gasteiger charge is -2.19. The molecule has 1 aliphatic heterocycles. The second-order valence-corrected chi connectivity index (χ2v) is 5.24. The molecule has 0 amide bonds. The minimum absolute atomic E-state index is 0.459. The number of alkyl halides is 1. The predicted octanol–water partition coefficient (Wildman–Crippen LogP) is 2.46. The summed E-state index contributed by atoms with van der Waals surface area (Å²) in [5, 5.41) is 4.55. The molecule has 0 unspecified atom stereocenters. The Bertz CT molecular complexity index is 619. The summed E-state index contributed by atoms with van der Waals surface area (Å²) in [7, 11) is 0. The highest BCUT2D eigenvalue weighted by Gasteiger charge is 2.25. The molecule has 0 aromatic carbocycles. The van der Waals surface area contributed by atoms with Gasteiger partial charge in [-0.15, -0.1) is 0 Å². The van der Waals surface area contributed by atoms with Gasteiger partial charge >= 0.3 is 0 Å². The average Bonchev–Trinajstić information content (AvgIpc) is 2.95. The zero-order valence-corrected chi connectivity index (χ0v) is 11.6. The van der Waals surface area contributed by atoms with Crippen LogP contribution < -0.4 is 4.90 Å². The normalized spacial score (nSPS) is 19.6. The van der Waals surface area contributed by atoms with Crippen LogP contribution in [-0.2, 0) is 6.42 Å². The van der Waals surface area contributed by atoms with Crippen molar-refractivity contribution < 1.29 is 4.39 Å². The van der Waals surface area contributed by atoms with E-state index < -0.39 is 6.17 Å². The number of aromatic nitrogens is 3. The smallest absolute Gasteiger partial charge is 0.160 e. The molecule has 2 aromatic rings. The van der Waals surface area contributed by atoms with Gasteiger partial charge in [-0.3, -0.25) is 0 Å². The number of nitrogens with zero attached hydrogens (tertiary/aromatic N) is 4. The van der Waals surface area contributed by atoms with Gasteiger partial charge in [-0.1, -0.05) is 6.92 Å². The van der Waals surface area contributed by atoms with E-state index in [4.69, 9.17) is 0 Å². The lowest BCUT2D eigenvalue weighted by molar-refractivity contribution is 0.364. The van der Waals surface area contributed by atoms with Crippen LogP contribution in [0.2, 0.25) is 0 Å². The Morgan fingerprint density at radius 1 is 1.42 bits per heavy atom. The number of fused-ring (bicyclic) bond motifs is 1. The molecule has 0 radical (unpaired) electrons. The third-order valence-corrected chi connectivity index (χ3v) is 3.91. The van der Waals surface area contributed by atoms with Crippen LogP contribution in [0.25, 0.3) is 5.65 Å². The van der Waals surface area contributed by atoms with Gasteiger partial charge in [0.25, 0.3) is 0 Å². The molecular weight excluding hydrogens is 243 g/mol. The van der Waals surface area contributed by atoms with Crippen LogP contribution in [0.15, 0.2) is 6.07 Å². The number of aryl methyl sites for hydroxylation is 3. The number of hydrogen-bond acceptors (Lipinski definition) is 3. The highest BCUT2D eigenvalue weighted by atomic mass is 19.1.